The summed E-state index contributed by atoms with van der Waals surface area (Å²) in [6, 6.07) is -1.86. The van der Waals surface area contributed by atoms with Gasteiger partial charge in [-0.1, -0.05) is 0 Å². The van der Waals surface area contributed by atoms with Crippen molar-refractivity contribution in [1.82, 2.24) is 3.45 Å². The summed E-state index contributed by atoms with van der Waals surface area (Å²) in [5.74, 6) is -2.17. The zero-order chi connectivity index (χ0) is 12.0. The average molecular weight is 304 g/mol. The van der Waals surface area contributed by atoms with Gasteiger partial charge in [0, 0.05) is 16.1 Å². The van der Waals surface area contributed by atoms with E-state index in [1.165, 1.54) is 0 Å². The Bertz CT molecular complexity index is 239. The van der Waals surface area contributed by atoms with Crippen LogP contribution in [0.5, 0.6) is 0 Å². The molecule has 2 atom stereocenters. The molecule has 0 aromatic rings. The Kier molecular flexibility index (Phi) is 6.82. The lowest BCUT2D eigenvalue weighted by molar-refractivity contribution is -0.140. The Balaban J connectivity index is 3.92. The number of carboxylic acid groups (broad SMARTS) is 2. The molecule has 8 heteroatoms. The second-order valence-corrected chi connectivity index (χ2v) is 4.53. The van der Waals surface area contributed by atoms with Crippen LogP contribution in [0, 0.1) is 0 Å². The lowest BCUT2D eigenvalue weighted by atomic mass is 10.1. The normalized spacial score (nSPS) is 14.9. The third-order valence-electron chi connectivity index (χ3n) is 1.83. The summed E-state index contributed by atoms with van der Waals surface area (Å²) in [6.07, 6.45) is 0.821. The lowest BCUT2D eigenvalue weighted by Gasteiger charge is -2.15. The molecule has 0 saturated heterocycles. The van der Waals surface area contributed by atoms with Crippen molar-refractivity contribution in [2.75, 3.05) is 0 Å². The van der Waals surface area contributed by atoms with E-state index in [0.717, 1.165) is 3.45 Å². The number of carboxylic acids is 2. The summed E-state index contributed by atoms with van der Waals surface area (Å²) in [4.78, 5) is 21.0. The van der Waals surface area contributed by atoms with Crippen LogP contribution in [0.3, 0.4) is 0 Å². The van der Waals surface area contributed by atoms with E-state index in [0.29, 0.717) is 6.42 Å². The molecule has 0 spiro atoms. The van der Waals surface area contributed by atoms with E-state index in [-0.39, 0.29) is 12.8 Å². The monoisotopic (exact) mass is 302 g/mol. The minimum absolute atomic E-state index is 0.219. The van der Waals surface area contributed by atoms with E-state index in [2.05, 4.69) is 16.1 Å². The van der Waals surface area contributed by atoms with Crippen LogP contribution in [-0.4, -0.2) is 37.7 Å². The summed E-state index contributed by atoms with van der Waals surface area (Å²) in [7, 11) is 0. The van der Waals surface area contributed by atoms with Gasteiger partial charge in [0.15, 0.2) is 0 Å². The van der Waals surface area contributed by atoms with Crippen LogP contribution in [0.1, 0.15) is 19.3 Å². The maximum absolute atomic E-state index is 10.6. The average Bonchev–Trinajstić information content (AvgIpc) is 2.10. The van der Waals surface area contributed by atoms with Gasteiger partial charge in [0.2, 0.25) is 0 Å². The Labute approximate surface area is 100 Å². The van der Waals surface area contributed by atoms with Gasteiger partial charge in [-0.15, -0.1) is 3.45 Å². The molecule has 15 heavy (non-hydrogen) atoms. The van der Waals surface area contributed by atoms with Gasteiger partial charge in [-0.3, -0.25) is 9.59 Å². The molecule has 4 N–H and O–H groups in total. The first-order chi connectivity index (χ1) is 6.86. The highest BCUT2D eigenvalue weighted by Gasteiger charge is 2.23. The number of halogens is 2. The van der Waals surface area contributed by atoms with Gasteiger partial charge in [0.25, 0.3) is 0 Å². The molecule has 0 aliphatic carbocycles. The highest BCUT2D eigenvalue weighted by Crippen LogP contribution is 2.16. The molecule has 0 aromatic heterocycles. The Morgan fingerprint density at radius 3 is 2.20 bits per heavy atom. The second kappa shape index (κ2) is 7.00. The number of hydrogen-bond acceptors (Lipinski definition) is 4. The minimum Gasteiger partial charge on any atom is -0.480 e. The molecule has 88 valence electrons. The van der Waals surface area contributed by atoms with Gasteiger partial charge in [0.1, 0.15) is 12.1 Å². The van der Waals surface area contributed by atoms with Gasteiger partial charge in [-0.05, 0) is 31.0 Å². The predicted molar refractivity (Wildman–Crippen MR) is 57.5 cm³/mol. The number of rotatable bonds is 7. The fraction of sp³-hybridized carbons (Fsp3) is 0.714. The molecule has 0 rings (SSSR count). The molecule has 0 amide bonds. The molecule has 0 saturated carbocycles. The molecule has 0 heterocycles. The van der Waals surface area contributed by atoms with Gasteiger partial charge in [-0.2, -0.15) is 0 Å². The molecular formula is C7H12BrClN2O4. The van der Waals surface area contributed by atoms with Crippen molar-refractivity contribution in [3.63, 3.8) is 0 Å². The summed E-state index contributed by atoms with van der Waals surface area (Å²) in [5, 5.41) is 17.2. The third-order valence-corrected chi connectivity index (χ3v) is 2.56. The zero-order valence-electron chi connectivity index (χ0n) is 7.77. The number of nitrogens with two attached hydrogens (primary N) is 1. The Morgan fingerprint density at radius 1 is 1.33 bits per heavy atom. The smallest absolute Gasteiger partial charge is 0.323 e. The molecule has 0 bridgehead atoms. The quantitative estimate of drug-likeness (QED) is 0.601. The van der Waals surface area contributed by atoms with E-state index in [1.54, 1.807) is 0 Å². The highest BCUT2D eigenvalue weighted by molar-refractivity contribution is 9.08. The van der Waals surface area contributed by atoms with Crippen LogP contribution >= 0.6 is 27.9 Å². The highest BCUT2D eigenvalue weighted by atomic mass is 79.9. The van der Waals surface area contributed by atoms with E-state index < -0.39 is 24.0 Å². The second-order valence-electron chi connectivity index (χ2n) is 2.99. The molecule has 0 aromatic carbocycles. The molecule has 0 fully saturated rings. The Hall–Kier alpha value is -0.370. The largest absolute Gasteiger partial charge is 0.480 e. The number of hydrogen-bond donors (Lipinski definition) is 3. The van der Waals surface area contributed by atoms with Gasteiger partial charge < -0.3 is 15.9 Å². The summed E-state index contributed by atoms with van der Waals surface area (Å²) in [6.45, 7) is 0. The standard InChI is InChI=1S/C7H12BrClN2O4/c8-11(9)5(7(14)15)3-1-2-4(10)6(12)13/h4-5H,1-3,10H2,(H,12,13)(H,14,15). The van der Waals surface area contributed by atoms with Crippen LogP contribution < -0.4 is 5.73 Å². The van der Waals surface area contributed by atoms with Crippen molar-refractivity contribution in [2.24, 2.45) is 5.73 Å². The number of carbonyl (C=O) groups is 2. The van der Waals surface area contributed by atoms with E-state index in [9.17, 15) is 9.59 Å². The SMILES string of the molecule is NC(CCCC(C(=O)O)N(Cl)Br)C(=O)O. The fourth-order valence-corrected chi connectivity index (χ4v) is 1.52. The Morgan fingerprint density at radius 2 is 1.87 bits per heavy atom. The molecule has 0 aliphatic heterocycles. The van der Waals surface area contributed by atoms with Crippen LogP contribution in [0.25, 0.3) is 0 Å². The van der Waals surface area contributed by atoms with Crippen LogP contribution in [-0.2, 0) is 9.59 Å². The van der Waals surface area contributed by atoms with Crippen molar-refractivity contribution in [3.8, 4) is 0 Å². The topological polar surface area (TPSA) is 104 Å². The predicted octanol–water partition coefficient (Wildman–Crippen LogP) is 0.787. The summed E-state index contributed by atoms with van der Waals surface area (Å²) >= 11 is 8.25. The van der Waals surface area contributed by atoms with Crippen LogP contribution in [0.15, 0.2) is 0 Å². The third kappa shape index (κ3) is 5.93. The van der Waals surface area contributed by atoms with Gasteiger partial charge >= 0.3 is 11.9 Å². The van der Waals surface area contributed by atoms with Crippen molar-refractivity contribution in [2.45, 2.75) is 31.3 Å². The van der Waals surface area contributed by atoms with Crippen molar-refractivity contribution in [1.29, 1.82) is 0 Å². The maximum Gasteiger partial charge on any atom is 0.323 e. The van der Waals surface area contributed by atoms with Crippen molar-refractivity contribution in [3.05, 3.63) is 0 Å². The van der Waals surface area contributed by atoms with E-state index >= 15 is 0 Å². The van der Waals surface area contributed by atoms with E-state index in [1.807, 2.05) is 0 Å². The number of aliphatic carboxylic acids is 2. The molecule has 0 aliphatic rings. The van der Waals surface area contributed by atoms with Crippen molar-refractivity contribution >= 4 is 39.9 Å². The fourth-order valence-electron chi connectivity index (χ4n) is 0.959. The first kappa shape index (κ1) is 14.6. The van der Waals surface area contributed by atoms with Crippen LogP contribution in [0.2, 0.25) is 0 Å². The first-order valence-corrected chi connectivity index (χ1v) is 5.23. The summed E-state index contributed by atoms with van der Waals surface area (Å²) < 4.78 is 0.877. The molecular weight excluding hydrogens is 291 g/mol. The van der Waals surface area contributed by atoms with Crippen LogP contribution in [0.4, 0.5) is 0 Å². The van der Waals surface area contributed by atoms with Gasteiger partial charge in [0.05, 0.1) is 0 Å². The maximum atomic E-state index is 10.6. The zero-order valence-corrected chi connectivity index (χ0v) is 10.1. The molecule has 0 radical (unpaired) electrons. The molecule has 6 nitrogen and oxygen atoms in total. The van der Waals surface area contributed by atoms with E-state index in [4.69, 9.17) is 27.7 Å². The minimum atomic E-state index is -1.09. The first-order valence-electron chi connectivity index (χ1n) is 4.18. The molecule has 2 unspecified atom stereocenters. The number of nitrogens with zero attached hydrogens (tertiary/aromatic N) is 1. The lowest BCUT2D eigenvalue weighted by Crippen LogP contribution is -2.32. The van der Waals surface area contributed by atoms with Gasteiger partial charge in [-0.25, -0.2) is 0 Å². The summed E-state index contributed by atoms with van der Waals surface area (Å²) in [5.41, 5.74) is 5.25. The van der Waals surface area contributed by atoms with Crippen molar-refractivity contribution < 1.29 is 19.8 Å².